The average molecular weight is 623 g/mol. The maximum absolute atomic E-state index is 10.9. The van der Waals surface area contributed by atoms with Gasteiger partial charge < -0.3 is 20.4 Å². The maximum atomic E-state index is 10.9. The topological polar surface area (TPSA) is 180 Å². The summed E-state index contributed by atoms with van der Waals surface area (Å²) in [7, 11) is 0. The van der Waals surface area contributed by atoms with Crippen molar-refractivity contribution in [1.82, 2.24) is 0 Å². The number of aliphatic hydroxyl groups is 1. The summed E-state index contributed by atoms with van der Waals surface area (Å²) < 4.78 is 0. The van der Waals surface area contributed by atoms with E-state index in [1.165, 1.54) is 24.3 Å². The molecule has 47 heavy (non-hydrogen) atoms. The van der Waals surface area contributed by atoms with Crippen molar-refractivity contribution < 1.29 is 20.4 Å². The number of phenolic OH excluding ortho intramolecular Hbond substituents is 3. The summed E-state index contributed by atoms with van der Waals surface area (Å²) in [5.41, 5.74) is 3.95. The third-order valence-electron chi connectivity index (χ3n) is 6.86. The smallest absolute Gasteiger partial charge is 0.150 e. The summed E-state index contributed by atoms with van der Waals surface area (Å²) in [6, 6.07) is 33.9. The van der Waals surface area contributed by atoms with Crippen molar-refractivity contribution in [1.29, 1.82) is 0 Å². The molecule has 0 saturated carbocycles. The lowest BCUT2D eigenvalue weighted by atomic mass is 10.1. The molecule has 0 spiro atoms. The Morgan fingerprint density at radius 1 is 0.426 bits per heavy atom. The van der Waals surface area contributed by atoms with Gasteiger partial charge in [0.15, 0.2) is 5.75 Å². The Labute approximate surface area is 268 Å². The van der Waals surface area contributed by atoms with Crippen LogP contribution in [0.1, 0.15) is 5.56 Å². The molecule has 0 aliphatic rings. The monoisotopic (exact) mass is 622 g/mol. The van der Waals surface area contributed by atoms with Gasteiger partial charge in [0.05, 0.1) is 40.7 Å². The van der Waals surface area contributed by atoms with Crippen LogP contribution in [0.15, 0.2) is 162 Å². The maximum Gasteiger partial charge on any atom is 0.150 e. The van der Waals surface area contributed by atoms with E-state index in [-0.39, 0.29) is 40.9 Å². The summed E-state index contributed by atoms with van der Waals surface area (Å²) in [5.74, 6) is -0.197. The van der Waals surface area contributed by atoms with Crippen LogP contribution in [0, 0.1) is 0 Å². The molecule has 0 unspecified atom stereocenters. The van der Waals surface area contributed by atoms with Crippen molar-refractivity contribution in [2.24, 2.45) is 40.9 Å². The summed E-state index contributed by atoms with van der Waals surface area (Å²) in [6.45, 7) is -0.385. The highest BCUT2D eigenvalue weighted by atomic mass is 16.3. The van der Waals surface area contributed by atoms with Gasteiger partial charge in [-0.2, -0.15) is 30.7 Å². The molecule has 6 aromatic rings. The molecule has 0 radical (unpaired) electrons. The van der Waals surface area contributed by atoms with Gasteiger partial charge in [-0.05, 0) is 96.4 Å². The van der Waals surface area contributed by atoms with E-state index < -0.39 is 0 Å². The van der Waals surface area contributed by atoms with Crippen LogP contribution in [0.4, 0.5) is 45.5 Å². The lowest BCUT2D eigenvalue weighted by Crippen LogP contribution is -1.84. The van der Waals surface area contributed by atoms with Gasteiger partial charge in [0.1, 0.15) is 22.9 Å². The zero-order chi connectivity index (χ0) is 32.6. The van der Waals surface area contributed by atoms with Gasteiger partial charge in [-0.15, -0.1) is 10.2 Å². The second kappa shape index (κ2) is 14.0. The van der Waals surface area contributed by atoms with Crippen molar-refractivity contribution in [3.05, 3.63) is 127 Å². The molecule has 0 atom stereocenters. The van der Waals surface area contributed by atoms with Crippen molar-refractivity contribution in [2.75, 3.05) is 0 Å². The van der Waals surface area contributed by atoms with Crippen LogP contribution in [0.25, 0.3) is 10.8 Å². The van der Waals surface area contributed by atoms with Crippen LogP contribution in [-0.4, -0.2) is 20.4 Å². The van der Waals surface area contributed by atoms with Gasteiger partial charge in [0.2, 0.25) is 0 Å². The quantitative estimate of drug-likeness (QED) is 0.117. The van der Waals surface area contributed by atoms with E-state index in [4.69, 9.17) is 0 Å². The Morgan fingerprint density at radius 3 is 1.62 bits per heavy atom. The first-order valence-corrected chi connectivity index (χ1v) is 14.3. The van der Waals surface area contributed by atoms with Crippen LogP contribution < -0.4 is 0 Å². The molecular weight excluding hydrogens is 596 g/mol. The molecule has 0 aliphatic carbocycles. The van der Waals surface area contributed by atoms with Crippen LogP contribution >= 0.6 is 0 Å². The van der Waals surface area contributed by atoms with Gasteiger partial charge in [-0.25, -0.2) is 0 Å². The number of benzene rings is 6. The molecule has 0 saturated heterocycles. The molecule has 12 heteroatoms. The van der Waals surface area contributed by atoms with E-state index in [0.717, 1.165) is 5.69 Å². The molecule has 6 rings (SSSR count). The van der Waals surface area contributed by atoms with Gasteiger partial charge in [0, 0.05) is 17.0 Å². The van der Waals surface area contributed by atoms with Crippen LogP contribution in [0.3, 0.4) is 0 Å². The molecule has 0 aliphatic heterocycles. The normalized spacial score (nSPS) is 11.9. The lowest BCUT2D eigenvalue weighted by molar-refractivity contribution is 0.282. The molecule has 6 aromatic carbocycles. The molecule has 0 fully saturated rings. The van der Waals surface area contributed by atoms with Crippen LogP contribution in [0.2, 0.25) is 0 Å². The highest BCUT2D eigenvalue weighted by molar-refractivity contribution is 5.94. The molecule has 0 heterocycles. The third kappa shape index (κ3) is 7.53. The summed E-state index contributed by atoms with van der Waals surface area (Å²) >= 11 is 0. The largest absolute Gasteiger partial charge is 0.508 e. The first kappa shape index (κ1) is 30.4. The van der Waals surface area contributed by atoms with Gasteiger partial charge in [-0.3, -0.25) is 0 Å². The molecular formula is C35H26N8O4. The number of aliphatic hydroxyl groups excluding tert-OH is 1. The minimum absolute atomic E-state index is 0.0746. The van der Waals surface area contributed by atoms with E-state index in [1.807, 2.05) is 30.3 Å². The van der Waals surface area contributed by atoms with Crippen molar-refractivity contribution in [3.8, 4) is 17.2 Å². The van der Waals surface area contributed by atoms with Gasteiger partial charge in [-0.1, -0.05) is 24.3 Å². The Bertz CT molecular complexity index is 2150. The van der Waals surface area contributed by atoms with Crippen molar-refractivity contribution >= 4 is 56.3 Å². The Balaban J connectivity index is 1.16. The van der Waals surface area contributed by atoms with E-state index in [0.29, 0.717) is 39.1 Å². The molecule has 230 valence electrons. The highest BCUT2D eigenvalue weighted by Crippen LogP contribution is 2.40. The summed E-state index contributed by atoms with van der Waals surface area (Å²) in [6.07, 6.45) is 0. The van der Waals surface area contributed by atoms with Crippen LogP contribution in [-0.2, 0) is 6.61 Å². The second-order valence-electron chi connectivity index (χ2n) is 10.1. The SMILES string of the molecule is OCc1cc(N=Nc2ccc3cc(N=Nc4ccc(O)cc4)ccc3c2O)c(O)cc1N=Nc1ccc(N=Nc2ccccc2)cc1. The zero-order valence-electron chi connectivity index (χ0n) is 24.6. The number of nitrogens with zero attached hydrogens (tertiary/aromatic N) is 8. The number of aromatic hydroxyl groups is 3. The van der Waals surface area contributed by atoms with Crippen molar-refractivity contribution in [3.63, 3.8) is 0 Å². The predicted octanol–water partition coefficient (Wildman–Crippen LogP) is 11.1. The predicted molar refractivity (Wildman–Crippen MR) is 177 cm³/mol. The van der Waals surface area contributed by atoms with E-state index in [9.17, 15) is 20.4 Å². The number of fused-ring (bicyclic) bond motifs is 1. The standard InChI is InChI=1S/C35H26N8O4/c44-21-23-19-33(34(46)20-32(23)42-39-26-9-7-25(8-10-26)37-36-24-4-2-1-3-5-24)43-41-31-17-6-22-18-28(13-16-30(22)35(31)47)40-38-27-11-14-29(45)15-12-27/h1-20,44-47H,21H2. The first-order valence-electron chi connectivity index (χ1n) is 14.3. The zero-order valence-corrected chi connectivity index (χ0v) is 24.6. The first-order chi connectivity index (χ1) is 22.9. The fourth-order valence-corrected chi connectivity index (χ4v) is 4.39. The number of azo groups is 4. The average Bonchev–Trinajstić information content (AvgIpc) is 3.10. The van der Waals surface area contributed by atoms with Gasteiger partial charge in [0.25, 0.3) is 0 Å². The Kier molecular flexibility index (Phi) is 9.03. The number of hydrogen-bond acceptors (Lipinski definition) is 12. The number of rotatable bonds is 9. The number of phenols is 3. The molecule has 4 N–H and O–H groups in total. The lowest BCUT2D eigenvalue weighted by Gasteiger charge is -2.06. The number of hydrogen-bond donors (Lipinski definition) is 4. The fraction of sp³-hybridized carbons (Fsp3) is 0.0286. The van der Waals surface area contributed by atoms with E-state index >= 15 is 0 Å². The molecule has 0 amide bonds. The Hall–Kier alpha value is -6.66. The van der Waals surface area contributed by atoms with E-state index in [2.05, 4.69) is 40.9 Å². The minimum atomic E-state index is -0.385. The van der Waals surface area contributed by atoms with Crippen molar-refractivity contribution in [2.45, 2.75) is 6.61 Å². The third-order valence-corrected chi connectivity index (χ3v) is 6.86. The Morgan fingerprint density at radius 2 is 0.957 bits per heavy atom. The van der Waals surface area contributed by atoms with E-state index in [1.54, 1.807) is 66.7 Å². The minimum Gasteiger partial charge on any atom is -0.508 e. The second-order valence-corrected chi connectivity index (χ2v) is 10.1. The fourth-order valence-electron chi connectivity index (χ4n) is 4.39. The van der Waals surface area contributed by atoms with Crippen LogP contribution in [0.5, 0.6) is 17.2 Å². The van der Waals surface area contributed by atoms with Gasteiger partial charge >= 0.3 is 0 Å². The summed E-state index contributed by atoms with van der Waals surface area (Å²) in [4.78, 5) is 0. The molecule has 0 bridgehead atoms. The highest BCUT2D eigenvalue weighted by Gasteiger charge is 2.11. The molecule has 0 aromatic heterocycles. The summed E-state index contributed by atoms with van der Waals surface area (Å²) in [5, 5.41) is 75.5. The molecule has 12 nitrogen and oxygen atoms in total.